The molecule has 78 valence electrons. The van der Waals surface area contributed by atoms with Gasteiger partial charge in [-0.1, -0.05) is 11.6 Å². The van der Waals surface area contributed by atoms with Crippen LogP contribution < -0.4 is 5.73 Å². The lowest BCUT2D eigenvalue weighted by atomic mass is 10.0. The van der Waals surface area contributed by atoms with Crippen molar-refractivity contribution in [1.82, 2.24) is 0 Å². The first-order valence-electron chi connectivity index (χ1n) is 4.44. The van der Waals surface area contributed by atoms with E-state index in [-0.39, 0.29) is 11.8 Å². The van der Waals surface area contributed by atoms with Crippen LogP contribution in [0.3, 0.4) is 0 Å². The van der Waals surface area contributed by atoms with Crippen LogP contribution in [0.1, 0.15) is 17.2 Å². The quantitative estimate of drug-likeness (QED) is 0.846. The molecule has 2 nitrogen and oxygen atoms in total. The molecule has 0 aliphatic heterocycles. The predicted molar refractivity (Wildman–Crippen MR) is 63.5 cm³/mol. The maximum Gasteiger partial charge on any atom is 0.120 e. The molecule has 1 heterocycles. The average molecular weight is 240 g/mol. The summed E-state index contributed by atoms with van der Waals surface area (Å²) in [5.41, 5.74) is 7.66. The molecule has 0 fully saturated rings. The van der Waals surface area contributed by atoms with Crippen molar-refractivity contribution < 1.29 is 5.11 Å². The molecule has 0 bridgehead atoms. The first kappa shape index (κ1) is 10.5. The highest BCUT2D eigenvalue weighted by molar-refractivity contribution is 7.08. The zero-order valence-corrected chi connectivity index (χ0v) is 9.42. The zero-order chi connectivity index (χ0) is 10.8. The van der Waals surface area contributed by atoms with Crippen molar-refractivity contribution in [2.75, 3.05) is 0 Å². The summed E-state index contributed by atoms with van der Waals surface area (Å²) in [6.07, 6.45) is 0. The van der Waals surface area contributed by atoms with E-state index in [1.165, 1.54) is 0 Å². The van der Waals surface area contributed by atoms with Crippen molar-refractivity contribution in [2.45, 2.75) is 6.04 Å². The van der Waals surface area contributed by atoms with Gasteiger partial charge in [0.05, 0.1) is 6.04 Å². The Morgan fingerprint density at radius 3 is 2.80 bits per heavy atom. The molecule has 0 spiro atoms. The third kappa shape index (κ3) is 2.15. The number of halogens is 1. The minimum Gasteiger partial charge on any atom is -0.508 e. The molecule has 0 saturated heterocycles. The molecule has 1 aromatic heterocycles. The van der Waals surface area contributed by atoms with E-state index in [0.717, 1.165) is 5.56 Å². The molecule has 15 heavy (non-hydrogen) atoms. The Labute approximate surface area is 96.9 Å². The summed E-state index contributed by atoms with van der Waals surface area (Å²) in [5.74, 6) is 0.179. The van der Waals surface area contributed by atoms with Crippen molar-refractivity contribution in [3.63, 3.8) is 0 Å². The standard InChI is InChI=1S/C11H10ClNOS/c12-8-1-2-10(14)9(5-8)11(13)7-3-4-15-6-7/h1-6,11,14H,13H2/t11-/m1/s1. The lowest BCUT2D eigenvalue weighted by molar-refractivity contribution is 0.465. The smallest absolute Gasteiger partial charge is 0.120 e. The van der Waals surface area contributed by atoms with Crippen molar-refractivity contribution in [2.24, 2.45) is 5.73 Å². The first-order valence-corrected chi connectivity index (χ1v) is 5.76. The summed E-state index contributed by atoms with van der Waals surface area (Å²) in [5, 5.41) is 14.2. The number of thiophene rings is 1. The van der Waals surface area contributed by atoms with E-state index in [2.05, 4.69) is 0 Å². The molecule has 2 rings (SSSR count). The summed E-state index contributed by atoms with van der Waals surface area (Å²) in [6.45, 7) is 0. The second kappa shape index (κ2) is 4.23. The molecule has 1 atom stereocenters. The van der Waals surface area contributed by atoms with E-state index in [1.807, 2.05) is 16.8 Å². The molecule has 4 heteroatoms. The number of rotatable bonds is 2. The van der Waals surface area contributed by atoms with Gasteiger partial charge in [-0.2, -0.15) is 11.3 Å². The first-order chi connectivity index (χ1) is 7.18. The van der Waals surface area contributed by atoms with Gasteiger partial charge in [-0.25, -0.2) is 0 Å². The molecule has 0 aliphatic rings. The number of phenols is 1. The molecular weight excluding hydrogens is 230 g/mol. The molecule has 0 unspecified atom stereocenters. The third-order valence-corrected chi connectivity index (χ3v) is 3.16. The van der Waals surface area contributed by atoms with Crippen LogP contribution in [-0.4, -0.2) is 5.11 Å². The Morgan fingerprint density at radius 1 is 1.33 bits per heavy atom. The van der Waals surface area contributed by atoms with Gasteiger partial charge < -0.3 is 10.8 Å². The van der Waals surface area contributed by atoms with Crippen molar-refractivity contribution in [3.8, 4) is 5.75 Å². The van der Waals surface area contributed by atoms with Gasteiger partial charge in [0.15, 0.2) is 0 Å². The zero-order valence-electron chi connectivity index (χ0n) is 7.85. The molecule has 0 saturated carbocycles. The lowest BCUT2D eigenvalue weighted by Gasteiger charge is -2.12. The van der Waals surface area contributed by atoms with Crippen molar-refractivity contribution in [3.05, 3.63) is 51.2 Å². The van der Waals surface area contributed by atoms with Crippen LogP contribution in [0.25, 0.3) is 0 Å². The van der Waals surface area contributed by atoms with Crippen LogP contribution in [0.15, 0.2) is 35.0 Å². The summed E-state index contributed by atoms with van der Waals surface area (Å²) in [7, 11) is 0. The van der Waals surface area contributed by atoms with E-state index in [0.29, 0.717) is 10.6 Å². The fourth-order valence-electron chi connectivity index (χ4n) is 1.41. The molecule has 1 aromatic carbocycles. The maximum absolute atomic E-state index is 9.67. The van der Waals surface area contributed by atoms with Crippen LogP contribution in [0.4, 0.5) is 0 Å². The van der Waals surface area contributed by atoms with E-state index in [4.69, 9.17) is 17.3 Å². The average Bonchev–Trinajstić information content (AvgIpc) is 2.74. The predicted octanol–water partition coefficient (Wildman–Crippen LogP) is 3.16. The fraction of sp³-hybridized carbons (Fsp3) is 0.0909. The number of hydrogen-bond donors (Lipinski definition) is 2. The van der Waals surface area contributed by atoms with Gasteiger partial charge in [-0.15, -0.1) is 0 Å². The van der Waals surface area contributed by atoms with Gasteiger partial charge in [0.25, 0.3) is 0 Å². The second-order valence-corrected chi connectivity index (χ2v) is 4.45. The molecule has 2 aromatic rings. The topological polar surface area (TPSA) is 46.2 Å². The minimum atomic E-state index is -0.324. The fourth-order valence-corrected chi connectivity index (χ4v) is 2.28. The van der Waals surface area contributed by atoms with Crippen LogP contribution in [0.2, 0.25) is 5.02 Å². The van der Waals surface area contributed by atoms with Gasteiger partial charge in [0.2, 0.25) is 0 Å². The molecule has 3 N–H and O–H groups in total. The van der Waals surface area contributed by atoms with Gasteiger partial charge >= 0.3 is 0 Å². The molecule has 0 amide bonds. The number of nitrogens with two attached hydrogens (primary N) is 1. The Balaban J connectivity index is 2.41. The van der Waals surface area contributed by atoms with Crippen LogP contribution in [-0.2, 0) is 0 Å². The minimum absolute atomic E-state index is 0.179. The van der Waals surface area contributed by atoms with E-state index >= 15 is 0 Å². The Kier molecular flexibility index (Phi) is 2.95. The van der Waals surface area contributed by atoms with E-state index in [1.54, 1.807) is 29.5 Å². The van der Waals surface area contributed by atoms with Gasteiger partial charge in [0.1, 0.15) is 5.75 Å². The Hall–Kier alpha value is -1.03. The van der Waals surface area contributed by atoms with Crippen molar-refractivity contribution in [1.29, 1.82) is 0 Å². The van der Waals surface area contributed by atoms with Crippen LogP contribution in [0.5, 0.6) is 5.75 Å². The Bertz CT molecular complexity index is 456. The third-order valence-electron chi connectivity index (χ3n) is 2.23. The maximum atomic E-state index is 9.67. The van der Waals surface area contributed by atoms with Gasteiger partial charge in [0, 0.05) is 10.6 Å². The lowest BCUT2D eigenvalue weighted by Crippen LogP contribution is -2.10. The SMILES string of the molecule is N[C@H](c1ccsc1)c1cc(Cl)ccc1O. The molecule has 0 aliphatic carbocycles. The van der Waals surface area contributed by atoms with Crippen LogP contribution in [0, 0.1) is 0 Å². The molecule has 0 radical (unpaired) electrons. The highest BCUT2D eigenvalue weighted by Gasteiger charge is 2.13. The number of aromatic hydroxyl groups is 1. The van der Waals surface area contributed by atoms with Gasteiger partial charge in [-0.05, 0) is 40.6 Å². The van der Waals surface area contributed by atoms with E-state index in [9.17, 15) is 5.11 Å². The normalized spacial score (nSPS) is 12.7. The van der Waals surface area contributed by atoms with Gasteiger partial charge in [-0.3, -0.25) is 0 Å². The number of benzene rings is 1. The largest absolute Gasteiger partial charge is 0.508 e. The number of hydrogen-bond acceptors (Lipinski definition) is 3. The van der Waals surface area contributed by atoms with Crippen LogP contribution >= 0.6 is 22.9 Å². The summed E-state index contributed by atoms with van der Waals surface area (Å²) >= 11 is 7.44. The number of phenolic OH excluding ortho intramolecular Hbond substituents is 1. The summed E-state index contributed by atoms with van der Waals surface area (Å²) in [4.78, 5) is 0. The second-order valence-electron chi connectivity index (χ2n) is 3.24. The Morgan fingerprint density at radius 2 is 2.13 bits per heavy atom. The van der Waals surface area contributed by atoms with E-state index < -0.39 is 0 Å². The molecular formula is C11H10ClNOS. The highest BCUT2D eigenvalue weighted by Crippen LogP contribution is 2.30. The highest BCUT2D eigenvalue weighted by atomic mass is 35.5. The summed E-state index contributed by atoms with van der Waals surface area (Å²) in [6, 6.07) is 6.51. The monoisotopic (exact) mass is 239 g/mol. The van der Waals surface area contributed by atoms with Crippen molar-refractivity contribution >= 4 is 22.9 Å². The summed E-state index contributed by atoms with van der Waals surface area (Å²) < 4.78 is 0.